The van der Waals surface area contributed by atoms with Crippen molar-refractivity contribution in [3.05, 3.63) is 30.5 Å². The molecule has 0 aliphatic heterocycles. The molecule has 0 atom stereocenters. The number of anilines is 2. The molecule has 0 aliphatic rings. The van der Waals surface area contributed by atoms with Crippen molar-refractivity contribution < 1.29 is 0 Å². The van der Waals surface area contributed by atoms with E-state index in [1.807, 2.05) is 18.2 Å². The minimum absolute atomic E-state index is 0.616. The summed E-state index contributed by atoms with van der Waals surface area (Å²) in [5, 5.41) is 4.60. The summed E-state index contributed by atoms with van der Waals surface area (Å²) >= 11 is 0. The fraction of sp³-hybridized carbons (Fsp3) is 0.471. The van der Waals surface area contributed by atoms with E-state index in [9.17, 15) is 0 Å². The number of unbranched alkanes of at least 4 members (excludes halogenated alkanes) is 1. The smallest absolute Gasteiger partial charge is 0.0951 e. The van der Waals surface area contributed by atoms with Crippen molar-refractivity contribution in [3.63, 3.8) is 0 Å². The van der Waals surface area contributed by atoms with Gasteiger partial charge in [-0.2, -0.15) is 0 Å². The average Bonchev–Trinajstić information content (AvgIpc) is 2.49. The van der Waals surface area contributed by atoms with Crippen molar-refractivity contribution in [1.29, 1.82) is 0 Å². The van der Waals surface area contributed by atoms with Gasteiger partial charge in [-0.05, 0) is 64.5 Å². The highest BCUT2D eigenvalue weighted by molar-refractivity contribution is 5.98. The summed E-state index contributed by atoms with van der Waals surface area (Å²) in [6, 6.07) is 8.59. The van der Waals surface area contributed by atoms with Crippen LogP contribution in [0.4, 0.5) is 11.4 Å². The van der Waals surface area contributed by atoms with E-state index >= 15 is 0 Å². The molecule has 0 fully saturated rings. The van der Waals surface area contributed by atoms with Crippen LogP contribution >= 0.6 is 0 Å². The van der Waals surface area contributed by atoms with Crippen LogP contribution in [0.25, 0.3) is 10.9 Å². The number of fused-ring (bicyclic) bond motifs is 1. The van der Waals surface area contributed by atoms with Gasteiger partial charge in [0.2, 0.25) is 0 Å². The molecular formula is C17H26N4. The summed E-state index contributed by atoms with van der Waals surface area (Å²) in [4.78, 5) is 6.73. The highest BCUT2D eigenvalue weighted by atomic mass is 15.1. The summed E-state index contributed by atoms with van der Waals surface area (Å²) < 4.78 is 0. The molecule has 0 radical (unpaired) electrons. The normalized spacial score (nSPS) is 11.5. The van der Waals surface area contributed by atoms with Gasteiger partial charge in [0, 0.05) is 29.9 Å². The van der Waals surface area contributed by atoms with Gasteiger partial charge in [0.1, 0.15) is 0 Å². The molecule has 0 saturated carbocycles. The van der Waals surface area contributed by atoms with Gasteiger partial charge in [0.15, 0.2) is 0 Å². The van der Waals surface area contributed by atoms with Crippen LogP contribution in [-0.2, 0) is 0 Å². The average molecular weight is 286 g/mol. The van der Waals surface area contributed by atoms with E-state index in [0.29, 0.717) is 6.04 Å². The molecule has 2 aromatic rings. The second kappa shape index (κ2) is 7.27. The predicted molar refractivity (Wildman–Crippen MR) is 91.6 cm³/mol. The Morgan fingerprint density at radius 1 is 1.24 bits per heavy atom. The van der Waals surface area contributed by atoms with Gasteiger partial charge in [-0.1, -0.05) is 0 Å². The summed E-state index contributed by atoms with van der Waals surface area (Å²) in [6.45, 7) is 6.57. The maximum absolute atomic E-state index is 5.97. The first-order valence-electron chi connectivity index (χ1n) is 7.67. The van der Waals surface area contributed by atoms with E-state index in [4.69, 9.17) is 5.73 Å². The zero-order chi connectivity index (χ0) is 15.2. The van der Waals surface area contributed by atoms with Gasteiger partial charge < -0.3 is 16.0 Å². The Hall–Kier alpha value is -1.81. The van der Waals surface area contributed by atoms with Crippen LogP contribution in [0.1, 0.15) is 26.7 Å². The Kier molecular flexibility index (Phi) is 5.39. The molecule has 1 aromatic heterocycles. The maximum atomic E-state index is 5.97. The van der Waals surface area contributed by atoms with Crippen LogP contribution in [0.15, 0.2) is 30.5 Å². The number of rotatable bonds is 7. The summed E-state index contributed by atoms with van der Waals surface area (Å²) in [5.74, 6) is 0. The fourth-order valence-corrected chi connectivity index (χ4v) is 2.32. The van der Waals surface area contributed by atoms with Crippen molar-refractivity contribution >= 4 is 22.3 Å². The summed E-state index contributed by atoms with van der Waals surface area (Å²) in [5.41, 5.74) is 8.69. The Morgan fingerprint density at radius 2 is 2.05 bits per heavy atom. The molecular weight excluding hydrogens is 260 g/mol. The molecule has 4 nitrogen and oxygen atoms in total. The van der Waals surface area contributed by atoms with E-state index in [0.717, 1.165) is 41.8 Å². The SMILES string of the molecule is CC(C)N(C)CCCCNc1ccc(N)c2ncccc12. The molecule has 2 rings (SSSR count). The third-order valence-corrected chi connectivity index (χ3v) is 3.94. The molecule has 1 aromatic carbocycles. The van der Waals surface area contributed by atoms with E-state index < -0.39 is 0 Å². The molecule has 0 unspecified atom stereocenters. The number of nitrogens with one attached hydrogen (secondary N) is 1. The van der Waals surface area contributed by atoms with Crippen molar-refractivity contribution in [2.75, 3.05) is 31.2 Å². The first-order chi connectivity index (χ1) is 10.1. The first kappa shape index (κ1) is 15.6. The van der Waals surface area contributed by atoms with Gasteiger partial charge in [-0.25, -0.2) is 0 Å². The van der Waals surface area contributed by atoms with Crippen LogP contribution in [0.3, 0.4) is 0 Å². The van der Waals surface area contributed by atoms with Crippen molar-refractivity contribution in [2.45, 2.75) is 32.7 Å². The number of nitrogen functional groups attached to an aromatic ring is 1. The first-order valence-corrected chi connectivity index (χ1v) is 7.67. The van der Waals surface area contributed by atoms with E-state index in [2.05, 4.69) is 42.2 Å². The van der Waals surface area contributed by atoms with Gasteiger partial charge >= 0.3 is 0 Å². The standard InChI is InChI=1S/C17H26N4/c1-13(2)21(3)12-5-4-10-19-16-9-8-15(18)17-14(16)7-6-11-20-17/h6-9,11,13,19H,4-5,10,12,18H2,1-3H3. The second-order valence-electron chi connectivity index (χ2n) is 5.81. The Bertz CT molecular complexity index is 580. The molecule has 4 heteroatoms. The molecule has 0 amide bonds. The quantitative estimate of drug-likeness (QED) is 0.605. The number of benzene rings is 1. The number of aromatic nitrogens is 1. The maximum Gasteiger partial charge on any atom is 0.0951 e. The lowest BCUT2D eigenvalue weighted by atomic mass is 10.1. The van der Waals surface area contributed by atoms with Crippen molar-refractivity contribution in [1.82, 2.24) is 9.88 Å². The zero-order valence-corrected chi connectivity index (χ0v) is 13.3. The predicted octanol–water partition coefficient (Wildman–Crippen LogP) is 3.35. The second-order valence-corrected chi connectivity index (χ2v) is 5.81. The molecule has 0 aliphatic carbocycles. The minimum atomic E-state index is 0.616. The number of nitrogens with two attached hydrogens (primary N) is 1. The van der Waals surface area contributed by atoms with Crippen LogP contribution in [0, 0.1) is 0 Å². The van der Waals surface area contributed by atoms with E-state index in [-0.39, 0.29) is 0 Å². The molecule has 1 heterocycles. The van der Waals surface area contributed by atoms with E-state index in [1.165, 1.54) is 6.42 Å². The number of hydrogen-bond acceptors (Lipinski definition) is 4. The highest BCUT2D eigenvalue weighted by Crippen LogP contribution is 2.26. The van der Waals surface area contributed by atoms with Crippen LogP contribution in [0.2, 0.25) is 0 Å². The molecule has 0 bridgehead atoms. The van der Waals surface area contributed by atoms with Gasteiger partial charge in [-0.15, -0.1) is 0 Å². The minimum Gasteiger partial charge on any atom is -0.397 e. The lowest BCUT2D eigenvalue weighted by molar-refractivity contribution is 0.269. The van der Waals surface area contributed by atoms with Crippen molar-refractivity contribution in [3.8, 4) is 0 Å². The van der Waals surface area contributed by atoms with Crippen LogP contribution in [-0.4, -0.2) is 36.1 Å². The number of pyridine rings is 1. The molecule has 0 spiro atoms. The molecule has 3 N–H and O–H groups in total. The summed E-state index contributed by atoms with van der Waals surface area (Å²) in [6.07, 6.45) is 4.14. The van der Waals surface area contributed by atoms with Gasteiger partial charge in [0.25, 0.3) is 0 Å². The van der Waals surface area contributed by atoms with Crippen LogP contribution < -0.4 is 11.1 Å². The lowest BCUT2D eigenvalue weighted by Crippen LogP contribution is -2.27. The zero-order valence-electron chi connectivity index (χ0n) is 13.3. The number of hydrogen-bond donors (Lipinski definition) is 2. The third kappa shape index (κ3) is 4.08. The molecule has 21 heavy (non-hydrogen) atoms. The largest absolute Gasteiger partial charge is 0.397 e. The van der Waals surface area contributed by atoms with Gasteiger partial charge in [0.05, 0.1) is 11.2 Å². The molecule has 0 saturated heterocycles. The number of nitrogens with zero attached hydrogens (tertiary/aromatic N) is 2. The third-order valence-electron chi connectivity index (χ3n) is 3.94. The Morgan fingerprint density at radius 3 is 2.81 bits per heavy atom. The monoisotopic (exact) mass is 286 g/mol. The Balaban J connectivity index is 1.88. The fourth-order valence-electron chi connectivity index (χ4n) is 2.32. The Labute approximate surface area is 127 Å². The highest BCUT2D eigenvalue weighted by Gasteiger charge is 2.05. The summed E-state index contributed by atoms with van der Waals surface area (Å²) in [7, 11) is 2.18. The van der Waals surface area contributed by atoms with Crippen LogP contribution in [0.5, 0.6) is 0 Å². The molecule has 114 valence electrons. The van der Waals surface area contributed by atoms with Crippen molar-refractivity contribution in [2.24, 2.45) is 0 Å². The topological polar surface area (TPSA) is 54.2 Å². The lowest BCUT2D eigenvalue weighted by Gasteiger charge is -2.20. The van der Waals surface area contributed by atoms with E-state index in [1.54, 1.807) is 6.20 Å². The van der Waals surface area contributed by atoms with Gasteiger partial charge in [-0.3, -0.25) is 4.98 Å².